The molecule has 0 aliphatic heterocycles. The van der Waals surface area contributed by atoms with E-state index in [0.717, 1.165) is 19.4 Å². The van der Waals surface area contributed by atoms with E-state index in [1.165, 1.54) is 0 Å². The van der Waals surface area contributed by atoms with Crippen molar-refractivity contribution in [1.82, 2.24) is 5.32 Å². The first-order valence-corrected chi connectivity index (χ1v) is 2.64. The first kappa shape index (κ1) is 6.92. The van der Waals surface area contributed by atoms with Crippen molar-refractivity contribution in [2.45, 2.75) is 12.8 Å². The summed E-state index contributed by atoms with van der Waals surface area (Å²) in [5, 5.41) is 12.7. The summed E-state index contributed by atoms with van der Waals surface area (Å²) in [6.07, 6.45) is 1.82. The van der Waals surface area contributed by atoms with Crippen molar-refractivity contribution in [3.05, 3.63) is 0 Å². The molecule has 0 aromatic rings. The molecular formula is C5H12NO. The zero-order valence-electron chi connectivity index (χ0n) is 4.74. The summed E-state index contributed by atoms with van der Waals surface area (Å²) in [5.41, 5.74) is 0. The van der Waals surface area contributed by atoms with Gasteiger partial charge in [-0.15, -0.1) is 0 Å². The second-order valence-electron chi connectivity index (χ2n) is 1.51. The minimum absolute atomic E-state index is 0.0711. The fourth-order valence-corrected chi connectivity index (χ4v) is 0.404. The van der Waals surface area contributed by atoms with Crippen LogP contribution < -0.4 is 5.32 Å². The van der Waals surface area contributed by atoms with Crippen molar-refractivity contribution in [3.63, 3.8) is 0 Å². The highest BCUT2D eigenvalue weighted by Gasteiger charge is 1.81. The summed E-state index contributed by atoms with van der Waals surface area (Å²) in [5.74, 6) is 0. The zero-order chi connectivity index (χ0) is 5.54. The lowest BCUT2D eigenvalue weighted by atomic mass is 10.3. The highest BCUT2D eigenvalue weighted by Crippen LogP contribution is 1.81. The van der Waals surface area contributed by atoms with Gasteiger partial charge >= 0.3 is 0 Å². The molecule has 0 aliphatic rings. The summed E-state index contributed by atoms with van der Waals surface area (Å²) in [6, 6.07) is 0. The van der Waals surface area contributed by atoms with E-state index in [0.29, 0.717) is 0 Å². The van der Waals surface area contributed by atoms with E-state index in [-0.39, 0.29) is 6.61 Å². The number of hydrogen-bond donors (Lipinski definition) is 1. The zero-order valence-corrected chi connectivity index (χ0v) is 4.74. The van der Waals surface area contributed by atoms with Crippen LogP contribution >= 0.6 is 0 Å². The second-order valence-corrected chi connectivity index (χ2v) is 1.51. The predicted molar refractivity (Wildman–Crippen MR) is 28.7 cm³/mol. The van der Waals surface area contributed by atoms with Crippen LogP contribution in [0.25, 0.3) is 0 Å². The van der Waals surface area contributed by atoms with E-state index < -0.39 is 0 Å². The average Bonchev–Trinajstić information content (AvgIpc) is 1.69. The fourth-order valence-electron chi connectivity index (χ4n) is 0.404. The maximum absolute atomic E-state index is 9.78. The van der Waals surface area contributed by atoms with Crippen LogP contribution in [-0.2, 0) is 5.11 Å². The molecule has 7 heavy (non-hydrogen) atoms. The molecule has 0 bridgehead atoms. The van der Waals surface area contributed by atoms with Gasteiger partial charge in [-0.3, -0.25) is 0 Å². The van der Waals surface area contributed by atoms with Gasteiger partial charge in [0.15, 0.2) is 0 Å². The van der Waals surface area contributed by atoms with Crippen LogP contribution in [0, 0.1) is 0 Å². The molecule has 0 spiro atoms. The monoisotopic (exact) mass is 102 g/mol. The molecule has 0 aromatic carbocycles. The molecule has 0 amide bonds. The van der Waals surface area contributed by atoms with Gasteiger partial charge in [-0.2, -0.15) is 0 Å². The van der Waals surface area contributed by atoms with Crippen molar-refractivity contribution in [2.24, 2.45) is 0 Å². The largest absolute Gasteiger partial charge is 0.320 e. The maximum atomic E-state index is 9.78. The number of nitrogens with one attached hydrogen (secondary N) is 1. The minimum atomic E-state index is 0.0711. The molecule has 0 fully saturated rings. The number of unbranched alkanes of at least 4 members (excludes halogenated alkanes) is 1. The normalized spacial score (nSPS) is 9.43. The van der Waals surface area contributed by atoms with Gasteiger partial charge in [-0.1, -0.05) is 0 Å². The van der Waals surface area contributed by atoms with Crippen molar-refractivity contribution in [3.8, 4) is 0 Å². The smallest absolute Gasteiger partial charge is 0.0822 e. The second kappa shape index (κ2) is 5.92. The highest BCUT2D eigenvalue weighted by atomic mass is 16.2. The van der Waals surface area contributed by atoms with Gasteiger partial charge < -0.3 is 5.32 Å². The molecular weight excluding hydrogens is 90.1 g/mol. The van der Waals surface area contributed by atoms with Crippen molar-refractivity contribution in [1.29, 1.82) is 0 Å². The summed E-state index contributed by atoms with van der Waals surface area (Å²) >= 11 is 0. The molecule has 0 aromatic heterocycles. The summed E-state index contributed by atoms with van der Waals surface area (Å²) in [6.45, 7) is 1.05. The van der Waals surface area contributed by atoms with E-state index in [9.17, 15) is 5.11 Å². The third-order valence-corrected chi connectivity index (χ3v) is 0.821. The number of rotatable bonds is 4. The van der Waals surface area contributed by atoms with Crippen LogP contribution in [0.3, 0.4) is 0 Å². The fraction of sp³-hybridized carbons (Fsp3) is 1.00. The van der Waals surface area contributed by atoms with Crippen LogP contribution in [0.5, 0.6) is 0 Å². The lowest BCUT2D eigenvalue weighted by Gasteiger charge is -1.91. The lowest BCUT2D eigenvalue weighted by molar-refractivity contribution is 0.187. The van der Waals surface area contributed by atoms with E-state index in [1.807, 2.05) is 7.05 Å². The first-order valence-electron chi connectivity index (χ1n) is 2.64. The van der Waals surface area contributed by atoms with Crippen molar-refractivity contribution >= 4 is 0 Å². The molecule has 43 valence electrons. The Morgan fingerprint density at radius 2 is 2.14 bits per heavy atom. The number of hydrogen-bond acceptors (Lipinski definition) is 1. The van der Waals surface area contributed by atoms with Gasteiger partial charge in [0.25, 0.3) is 0 Å². The Hall–Kier alpha value is -0.0800. The van der Waals surface area contributed by atoms with E-state index in [1.54, 1.807) is 0 Å². The molecule has 0 heterocycles. The Balaban J connectivity index is 2.45. The van der Waals surface area contributed by atoms with Crippen LogP contribution in [0.4, 0.5) is 0 Å². The average molecular weight is 102 g/mol. The maximum Gasteiger partial charge on any atom is 0.0822 e. The molecule has 0 saturated carbocycles. The van der Waals surface area contributed by atoms with Gasteiger partial charge in [0.05, 0.1) is 6.61 Å². The molecule has 2 nitrogen and oxygen atoms in total. The summed E-state index contributed by atoms with van der Waals surface area (Å²) in [4.78, 5) is 0. The van der Waals surface area contributed by atoms with Gasteiger partial charge in [0.2, 0.25) is 0 Å². The Bertz CT molecular complexity index is 27.3. The molecule has 0 saturated heterocycles. The van der Waals surface area contributed by atoms with Crippen LogP contribution in [0.15, 0.2) is 0 Å². The topological polar surface area (TPSA) is 31.9 Å². The molecule has 0 atom stereocenters. The molecule has 1 N–H and O–H groups in total. The standard InChI is InChI=1S/C5H12NO/c1-6-4-2-3-5-7/h6H,2-5H2,1H3. The van der Waals surface area contributed by atoms with Crippen molar-refractivity contribution in [2.75, 3.05) is 20.2 Å². The predicted octanol–water partition coefficient (Wildman–Crippen LogP) is 0.416. The van der Waals surface area contributed by atoms with E-state index >= 15 is 0 Å². The van der Waals surface area contributed by atoms with Gasteiger partial charge in [-0.25, -0.2) is 5.11 Å². The Labute approximate surface area is 44.5 Å². The minimum Gasteiger partial charge on any atom is -0.320 e. The summed E-state index contributed by atoms with van der Waals surface area (Å²) in [7, 11) is 1.89. The molecule has 2 heteroatoms. The third kappa shape index (κ3) is 5.92. The van der Waals surface area contributed by atoms with Crippen LogP contribution in [0.2, 0.25) is 0 Å². The summed E-state index contributed by atoms with van der Waals surface area (Å²) < 4.78 is 0. The van der Waals surface area contributed by atoms with Crippen molar-refractivity contribution < 1.29 is 5.11 Å². The van der Waals surface area contributed by atoms with Gasteiger partial charge in [0.1, 0.15) is 0 Å². The SMILES string of the molecule is CNCCCC[O]. The van der Waals surface area contributed by atoms with Crippen LogP contribution in [0.1, 0.15) is 12.8 Å². The van der Waals surface area contributed by atoms with E-state index in [4.69, 9.17) is 0 Å². The molecule has 1 radical (unpaired) electrons. The lowest BCUT2D eigenvalue weighted by Crippen LogP contribution is -2.07. The van der Waals surface area contributed by atoms with E-state index in [2.05, 4.69) is 5.32 Å². The highest BCUT2D eigenvalue weighted by molar-refractivity contribution is 4.38. The third-order valence-electron chi connectivity index (χ3n) is 0.821. The first-order chi connectivity index (χ1) is 3.41. The molecule has 0 unspecified atom stereocenters. The molecule has 0 aliphatic carbocycles. The van der Waals surface area contributed by atoms with Gasteiger partial charge in [0, 0.05) is 0 Å². The Morgan fingerprint density at radius 1 is 1.43 bits per heavy atom. The Morgan fingerprint density at radius 3 is 2.57 bits per heavy atom. The quantitative estimate of drug-likeness (QED) is 0.512. The van der Waals surface area contributed by atoms with Crippen LogP contribution in [-0.4, -0.2) is 20.2 Å². The van der Waals surface area contributed by atoms with Gasteiger partial charge in [-0.05, 0) is 26.4 Å². The Kier molecular flexibility index (Phi) is 5.85. The molecule has 0 rings (SSSR count).